The molecule has 0 aromatic heterocycles. The number of ether oxygens (including phenoxy) is 3. The zero-order chi connectivity index (χ0) is 45.1. The second-order valence-corrected chi connectivity index (χ2v) is 17.8. The fraction of sp³-hybridized carbons (Fsp3) is 0.804. The summed E-state index contributed by atoms with van der Waals surface area (Å²) in [7, 11) is 0. The summed E-state index contributed by atoms with van der Waals surface area (Å²) < 4.78 is 16.8. The van der Waals surface area contributed by atoms with Gasteiger partial charge in [-0.25, -0.2) is 0 Å². The Balaban J connectivity index is 4.38. The van der Waals surface area contributed by atoms with Gasteiger partial charge in [-0.2, -0.15) is 0 Å². The Morgan fingerprint density at radius 1 is 0.323 bits per heavy atom. The van der Waals surface area contributed by atoms with E-state index in [4.69, 9.17) is 14.2 Å². The number of rotatable bonds is 48. The lowest BCUT2D eigenvalue weighted by Gasteiger charge is -2.18. The molecule has 0 saturated heterocycles. The zero-order valence-corrected chi connectivity index (χ0v) is 41.1. The van der Waals surface area contributed by atoms with E-state index < -0.39 is 6.10 Å². The average molecular weight is 869 g/mol. The van der Waals surface area contributed by atoms with E-state index in [-0.39, 0.29) is 31.1 Å². The van der Waals surface area contributed by atoms with Crippen molar-refractivity contribution in [2.45, 2.75) is 277 Å². The van der Waals surface area contributed by atoms with E-state index in [9.17, 15) is 14.4 Å². The molecule has 0 fully saturated rings. The van der Waals surface area contributed by atoms with Gasteiger partial charge in [0, 0.05) is 19.3 Å². The predicted molar refractivity (Wildman–Crippen MR) is 265 cm³/mol. The molecule has 1 atom stereocenters. The molecule has 0 saturated carbocycles. The summed E-state index contributed by atoms with van der Waals surface area (Å²) in [5.74, 6) is -0.894. The van der Waals surface area contributed by atoms with Crippen LogP contribution in [0.5, 0.6) is 0 Å². The molecule has 1 unspecified atom stereocenters. The monoisotopic (exact) mass is 869 g/mol. The maximum atomic E-state index is 12.8. The number of carbonyl (C=O) groups excluding carboxylic acids is 3. The van der Waals surface area contributed by atoms with Gasteiger partial charge in [0.05, 0.1) is 0 Å². The molecule has 360 valence electrons. The van der Waals surface area contributed by atoms with E-state index in [0.29, 0.717) is 19.3 Å². The van der Waals surface area contributed by atoms with E-state index in [2.05, 4.69) is 69.4 Å². The van der Waals surface area contributed by atoms with Crippen LogP contribution in [0.3, 0.4) is 0 Å². The Morgan fingerprint density at radius 3 is 0.935 bits per heavy atom. The van der Waals surface area contributed by atoms with Gasteiger partial charge in [-0.1, -0.05) is 217 Å². The zero-order valence-electron chi connectivity index (χ0n) is 41.1. The van der Waals surface area contributed by atoms with Crippen LogP contribution >= 0.6 is 0 Å². The quantitative estimate of drug-likeness (QED) is 0.0262. The van der Waals surface area contributed by atoms with Crippen molar-refractivity contribution in [2.24, 2.45) is 0 Å². The first-order valence-electron chi connectivity index (χ1n) is 26.6. The maximum absolute atomic E-state index is 12.8. The fourth-order valence-electron chi connectivity index (χ4n) is 7.50. The van der Waals surface area contributed by atoms with Gasteiger partial charge in [0.2, 0.25) is 0 Å². The lowest BCUT2D eigenvalue weighted by molar-refractivity contribution is -0.167. The summed E-state index contributed by atoms with van der Waals surface area (Å²) in [5, 5.41) is 0. The second-order valence-electron chi connectivity index (χ2n) is 17.8. The van der Waals surface area contributed by atoms with Gasteiger partial charge in [-0.05, 0) is 83.5 Å². The molecule has 0 N–H and O–H groups in total. The molecule has 0 rings (SSSR count). The summed E-state index contributed by atoms with van der Waals surface area (Å²) in [6, 6.07) is 0. The first-order valence-corrected chi connectivity index (χ1v) is 26.6. The summed E-state index contributed by atoms with van der Waals surface area (Å²) >= 11 is 0. The highest BCUT2D eigenvalue weighted by molar-refractivity contribution is 5.71. The van der Waals surface area contributed by atoms with E-state index in [1.54, 1.807) is 0 Å². The third-order valence-electron chi connectivity index (χ3n) is 11.6. The van der Waals surface area contributed by atoms with E-state index >= 15 is 0 Å². The minimum atomic E-state index is -0.780. The van der Waals surface area contributed by atoms with Gasteiger partial charge < -0.3 is 14.2 Å². The first-order chi connectivity index (χ1) is 30.5. The van der Waals surface area contributed by atoms with Crippen LogP contribution in [0.25, 0.3) is 0 Å². The lowest BCUT2D eigenvalue weighted by atomic mass is 10.1. The Morgan fingerprint density at radius 2 is 0.581 bits per heavy atom. The van der Waals surface area contributed by atoms with Gasteiger partial charge in [-0.3, -0.25) is 14.4 Å². The van der Waals surface area contributed by atoms with Crippen molar-refractivity contribution < 1.29 is 28.6 Å². The highest BCUT2D eigenvalue weighted by Gasteiger charge is 2.19. The van der Waals surface area contributed by atoms with Crippen LogP contribution in [0.1, 0.15) is 271 Å². The van der Waals surface area contributed by atoms with Crippen molar-refractivity contribution in [3.8, 4) is 0 Å². The second kappa shape index (κ2) is 51.0. The molecular formula is C56H100O6. The molecule has 0 aliphatic carbocycles. The lowest BCUT2D eigenvalue weighted by Crippen LogP contribution is -2.30. The molecule has 0 aromatic rings. The predicted octanol–water partition coefficient (Wildman–Crippen LogP) is 17.5. The minimum absolute atomic E-state index is 0.0792. The number of unbranched alkanes of at least 4 members (excludes halogenated alkanes) is 29. The van der Waals surface area contributed by atoms with Crippen LogP contribution in [-0.4, -0.2) is 37.2 Å². The minimum Gasteiger partial charge on any atom is -0.462 e. The molecule has 0 amide bonds. The molecule has 0 aromatic carbocycles. The molecule has 0 heterocycles. The van der Waals surface area contributed by atoms with Crippen molar-refractivity contribution >= 4 is 17.9 Å². The van der Waals surface area contributed by atoms with Gasteiger partial charge in [0.15, 0.2) is 6.10 Å². The van der Waals surface area contributed by atoms with Crippen LogP contribution < -0.4 is 0 Å². The Labute approximate surface area is 384 Å². The van der Waals surface area contributed by atoms with Gasteiger partial charge in [-0.15, -0.1) is 0 Å². The molecule has 62 heavy (non-hydrogen) atoms. The third-order valence-corrected chi connectivity index (χ3v) is 11.6. The topological polar surface area (TPSA) is 78.9 Å². The molecule has 6 nitrogen and oxygen atoms in total. The smallest absolute Gasteiger partial charge is 0.306 e. The Bertz CT molecular complexity index is 1090. The first kappa shape index (κ1) is 59.4. The molecule has 0 aliphatic heterocycles. The molecule has 0 aliphatic rings. The molecule has 0 bridgehead atoms. The van der Waals surface area contributed by atoms with Crippen molar-refractivity contribution in [1.29, 1.82) is 0 Å². The third kappa shape index (κ3) is 48.4. The Kier molecular flexibility index (Phi) is 48.8. The largest absolute Gasteiger partial charge is 0.462 e. The van der Waals surface area contributed by atoms with Crippen LogP contribution in [0.15, 0.2) is 48.6 Å². The molecule has 0 radical (unpaired) electrons. The van der Waals surface area contributed by atoms with Crippen LogP contribution in [0.2, 0.25) is 0 Å². The summed E-state index contributed by atoms with van der Waals surface area (Å²) in [4.78, 5) is 38.0. The maximum Gasteiger partial charge on any atom is 0.306 e. The van der Waals surface area contributed by atoms with E-state index in [1.165, 1.54) is 135 Å². The van der Waals surface area contributed by atoms with Crippen LogP contribution in [0.4, 0.5) is 0 Å². The summed E-state index contributed by atoms with van der Waals surface area (Å²) in [6.45, 7) is 6.59. The highest BCUT2D eigenvalue weighted by atomic mass is 16.6. The van der Waals surface area contributed by atoms with Crippen molar-refractivity contribution in [1.82, 2.24) is 0 Å². The van der Waals surface area contributed by atoms with Crippen molar-refractivity contribution in [3.05, 3.63) is 48.6 Å². The SMILES string of the molecule is CCCCC/C=C\C/C=C\CCCCCCCCCC(=O)OCC(COC(=O)CCCCCCCCCCCCC)OC(=O)CCCCCCC/C=C\C/C=C\CCCCCC. The summed E-state index contributed by atoms with van der Waals surface area (Å²) in [6.07, 6.45) is 60.9. The van der Waals surface area contributed by atoms with Crippen LogP contribution in [-0.2, 0) is 28.6 Å². The normalized spacial score (nSPS) is 12.4. The summed E-state index contributed by atoms with van der Waals surface area (Å²) in [5.41, 5.74) is 0. The van der Waals surface area contributed by atoms with Gasteiger partial charge in [0.1, 0.15) is 13.2 Å². The average Bonchev–Trinajstić information content (AvgIpc) is 3.27. The molecule has 6 heteroatoms. The fourth-order valence-corrected chi connectivity index (χ4v) is 7.50. The Hall–Kier alpha value is -2.63. The van der Waals surface area contributed by atoms with Gasteiger partial charge in [0.25, 0.3) is 0 Å². The van der Waals surface area contributed by atoms with Crippen LogP contribution in [0, 0.1) is 0 Å². The number of esters is 3. The number of carbonyl (C=O) groups is 3. The van der Waals surface area contributed by atoms with Crippen molar-refractivity contribution in [2.75, 3.05) is 13.2 Å². The molecule has 0 spiro atoms. The van der Waals surface area contributed by atoms with Crippen molar-refractivity contribution in [3.63, 3.8) is 0 Å². The van der Waals surface area contributed by atoms with Gasteiger partial charge >= 0.3 is 17.9 Å². The number of hydrogen-bond acceptors (Lipinski definition) is 6. The van der Waals surface area contributed by atoms with E-state index in [1.807, 2.05) is 0 Å². The molecular weight excluding hydrogens is 769 g/mol. The highest BCUT2D eigenvalue weighted by Crippen LogP contribution is 2.15. The number of hydrogen-bond donors (Lipinski definition) is 0. The number of allylic oxidation sites excluding steroid dienone is 8. The van der Waals surface area contributed by atoms with E-state index in [0.717, 1.165) is 96.3 Å². The standard InChI is InChI=1S/C56H100O6/c1-4-7-10-13-16-19-22-24-26-28-30-31-34-37-40-43-46-49-55(58)61-52-53(51-60-54(57)48-45-42-39-36-33-21-18-15-12-9-6-3)62-56(59)50-47-44-41-38-35-32-29-27-25-23-20-17-14-11-8-5-2/h16,19-20,23-24,26-27,29,53H,4-15,17-18,21-22,25,28,30-52H2,1-3H3/b19-16-,23-20-,26-24-,29-27-.